The molecule has 1 heterocycles. The van der Waals surface area contributed by atoms with E-state index in [4.69, 9.17) is 9.84 Å². The molecule has 0 aromatic rings. The standard InChI is InChI=1S/C12H19F3N2O4/c1-2-21-5-3-4-16-11(20)17-6-8(10(18)19)9(7-17)12(13,14)15/h8-9H,2-7H2,1H3,(H,16,20)(H,18,19)/t8-,9-/m1/s1. The van der Waals surface area contributed by atoms with E-state index < -0.39 is 43.1 Å². The molecule has 0 radical (unpaired) electrons. The molecule has 0 aromatic carbocycles. The Kier molecular flexibility index (Phi) is 6.25. The lowest BCUT2D eigenvalue weighted by Gasteiger charge is -2.18. The SMILES string of the molecule is CCOCCCNC(=O)N1C[C@@H](C(F)(F)F)[C@H](C(=O)O)C1. The highest BCUT2D eigenvalue weighted by Gasteiger charge is 2.53. The van der Waals surface area contributed by atoms with Gasteiger partial charge in [-0.05, 0) is 13.3 Å². The van der Waals surface area contributed by atoms with Crippen LogP contribution in [0.25, 0.3) is 0 Å². The van der Waals surface area contributed by atoms with Crippen LogP contribution in [0.4, 0.5) is 18.0 Å². The topological polar surface area (TPSA) is 78.9 Å². The molecular weight excluding hydrogens is 293 g/mol. The number of likely N-dealkylation sites (tertiary alicyclic amines) is 1. The van der Waals surface area contributed by atoms with E-state index in [0.717, 1.165) is 4.90 Å². The zero-order valence-corrected chi connectivity index (χ0v) is 11.7. The number of alkyl halides is 3. The summed E-state index contributed by atoms with van der Waals surface area (Å²) < 4.78 is 43.3. The van der Waals surface area contributed by atoms with E-state index in [1.807, 2.05) is 6.92 Å². The predicted octanol–water partition coefficient (Wildman–Crippen LogP) is 1.32. The van der Waals surface area contributed by atoms with Crippen molar-refractivity contribution >= 4 is 12.0 Å². The molecule has 0 aromatic heterocycles. The van der Waals surface area contributed by atoms with Crippen molar-refractivity contribution in [2.24, 2.45) is 11.8 Å². The normalized spacial score (nSPS) is 22.4. The first-order chi connectivity index (χ1) is 9.77. The van der Waals surface area contributed by atoms with E-state index in [-0.39, 0.29) is 6.54 Å². The number of halogens is 3. The summed E-state index contributed by atoms with van der Waals surface area (Å²) in [4.78, 5) is 23.5. The molecule has 21 heavy (non-hydrogen) atoms. The second-order valence-corrected chi connectivity index (χ2v) is 4.78. The average Bonchev–Trinajstić information content (AvgIpc) is 2.83. The van der Waals surface area contributed by atoms with Crippen LogP contribution in [0.3, 0.4) is 0 Å². The number of amides is 2. The lowest BCUT2D eigenvalue weighted by molar-refractivity contribution is -0.187. The number of carboxylic acids is 1. The maximum Gasteiger partial charge on any atom is 0.394 e. The third-order valence-electron chi connectivity index (χ3n) is 3.29. The van der Waals surface area contributed by atoms with E-state index in [1.54, 1.807) is 0 Å². The van der Waals surface area contributed by atoms with Crippen LogP contribution >= 0.6 is 0 Å². The third kappa shape index (κ3) is 5.07. The van der Waals surface area contributed by atoms with Crippen LogP contribution in [0, 0.1) is 11.8 Å². The molecule has 2 atom stereocenters. The third-order valence-corrected chi connectivity index (χ3v) is 3.29. The minimum Gasteiger partial charge on any atom is -0.481 e. The summed E-state index contributed by atoms with van der Waals surface area (Å²) in [5.41, 5.74) is 0. The van der Waals surface area contributed by atoms with Crippen molar-refractivity contribution in [3.63, 3.8) is 0 Å². The first kappa shape index (κ1) is 17.5. The van der Waals surface area contributed by atoms with Crippen LogP contribution in [0.2, 0.25) is 0 Å². The number of hydrogen-bond acceptors (Lipinski definition) is 3. The summed E-state index contributed by atoms with van der Waals surface area (Å²) in [5.74, 6) is -5.17. The summed E-state index contributed by atoms with van der Waals surface area (Å²) in [7, 11) is 0. The van der Waals surface area contributed by atoms with Crippen molar-refractivity contribution < 1.29 is 32.6 Å². The molecule has 1 fully saturated rings. The van der Waals surface area contributed by atoms with E-state index in [1.165, 1.54) is 0 Å². The Labute approximate surface area is 120 Å². The molecule has 9 heteroatoms. The van der Waals surface area contributed by atoms with Crippen molar-refractivity contribution in [1.29, 1.82) is 0 Å². The van der Waals surface area contributed by atoms with E-state index >= 15 is 0 Å². The van der Waals surface area contributed by atoms with Gasteiger partial charge in [0.2, 0.25) is 0 Å². The van der Waals surface area contributed by atoms with E-state index in [2.05, 4.69) is 5.32 Å². The van der Waals surface area contributed by atoms with Gasteiger partial charge in [-0.1, -0.05) is 0 Å². The molecule has 1 aliphatic rings. The van der Waals surface area contributed by atoms with Gasteiger partial charge in [0, 0.05) is 32.8 Å². The van der Waals surface area contributed by atoms with E-state index in [0.29, 0.717) is 19.6 Å². The molecular formula is C12H19F3N2O4. The van der Waals surface area contributed by atoms with Crippen LogP contribution < -0.4 is 5.32 Å². The zero-order chi connectivity index (χ0) is 16.0. The van der Waals surface area contributed by atoms with Gasteiger partial charge in [-0.3, -0.25) is 4.79 Å². The molecule has 0 saturated carbocycles. The molecule has 1 rings (SSSR count). The number of carboxylic acid groups (broad SMARTS) is 1. The van der Waals surface area contributed by atoms with Gasteiger partial charge in [-0.2, -0.15) is 13.2 Å². The predicted molar refractivity (Wildman–Crippen MR) is 66.8 cm³/mol. The summed E-state index contributed by atoms with van der Waals surface area (Å²) in [6.07, 6.45) is -4.09. The van der Waals surface area contributed by atoms with Crippen molar-refractivity contribution in [2.75, 3.05) is 32.8 Å². The Morgan fingerprint density at radius 2 is 2.05 bits per heavy atom. The first-order valence-corrected chi connectivity index (χ1v) is 6.67. The summed E-state index contributed by atoms with van der Waals surface area (Å²) in [6.45, 7) is 2.03. The Balaban J connectivity index is 2.49. The number of nitrogens with one attached hydrogen (secondary N) is 1. The van der Waals surface area contributed by atoms with Gasteiger partial charge in [0.15, 0.2) is 0 Å². The summed E-state index contributed by atoms with van der Waals surface area (Å²) in [6, 6.07) is -0.676. The van der Waals surface area contributed by atoms with E-state index in [9.17, 15) is 22.8 Å². The minimum absolute atomic E-state index is 0.268. The quantitative estimate of drug-likeness (QED) is 0.725. The number of aliphatic carboxylic acids is 1. The number of nitrogens with zero attached hydrogens (tertiary/aromatic N) is 1. The largest absolute Gasteiger partial charge is 0.481 e. The highest BCUT2D eigenvalue weighted by molar-refractivity contribution is 5.77. The molecule has 1 aliphatic heterocycles. The maximum absolute atomic E-state index is 12.8. The fourth-order valence-corrected chi connectivity index (χ4v) is 2.18. The number of ether oxygens (including phenoxy) is 1. The van der Waals surface area contributed by atoms with Gasteiger partial charge in [-0.15, -0.1) is 0 Å². The van der Waals surface area contributed by atoms with Gasteiger partial charge in [0.1, 0.15) is 0 Å². The molecule has 6 nitrogen and oxygen atoms in total. The Hall–Kier alpha value is -1.51. The molecule has 0 aliphatic carbocycles. The first-order valence-electron chi connectivity index (χ1n) is 6.67. The fourth-order valence-electron chi connectivity index (χ4n) is 2.18. The van der Waals surface area contributed by atoms with Crippen molar-refractivity contribution in [1.82, 2.24) is 10.2 Å². The van der Waals surface area contributed by atoms with Gasteiger partial charge in [-0.25, -0.2) is 4.79 Å². The number of rotatable bonds is 6. The molecule has 1 saturated heterocycles. The fraction of sp³-hybridized carbons (Fsp3) is 0.833. The summed E-state index contributed by atoms with van der Waals surface area (Å²) >= 11 is 0. The number of carbonyl (C=O) groups excluding carboxylic acids is 1. The Morgan fingerprint density at radius 3 is 2.52 bits per heavy atom. The molecule has 0 bridgehead atoms. The number of hydrogen-bond donors (Lipinski definition) is 2. The highest BCUT2D eigenvalue weighted by Crippen LogP contribution is 2.37. The molecule has 0 spiro atoms. The molecule has 2 amide bonds. The minimum atomic E-state index is -4.63. The molecule has 122 valence electrons. The van der Waals surface area contributed by atoms with Crippen LogP contribution in [0.5, 0.6) is 0 Å². The zero-order valence-electron chi connectivity index (χ0n) is 11.7. The second-order valence-electron chi connectivity index (χ2n) is 4.78. The Morgan fingerprint density at radius 1 is 1.38 bits per heavy atom. The smallest absolute Gasteiger partial charge is 0.394 e. The average molecular weight is 312 g/mol. The van der Waals surface area contributed by atoms with Gasteiger partial charge < -0.3 is 20.1 Å². The molecule has 2 N–H and O–H groups in total. The van der Waals surface area contributed by atoms with Gasteiger partial charge >= 0.3 is 18.2 Å². The lowest BCUT2D eigenvalue weighted by atomic mass is 9.96. The monoisotopic (exact) mass is 312 g/mol. The highest BCUT2D eigenvalue weighted by atomic mass is 19.4. The van der Waals surface area contributed by atoms with Crippen molar-refractivity contribution in [3.05, 3.63) is 0 Å². The Bertz CT molecular complexity index is 376. The van der Waals surface area contributed by atoms with Crippen LogP contribution in [-0.2, 0) is 9.53 Å². The van der Waals surface area contributed by atoms with Crippen molar-refractivity contribution in [3.8, 4) is 0 Å². The summed E-state index contributed by atoms with van der Waals surface area (Å²) in [5, 5.41) is 11.3. The van der Waals surface area contributed by atoms with Gasteiger partial charge in [0.05, 0.1) is 11.8 Å². The van der Waals surface area contributed by atoms with Crippen LogP contribution in [0.15, 0.2) is 0 Å². The number of carbonyl (C=O) groups is 2. The number of urea groups is 1. The van der Waals surface area contributed by atoms with Crippen molar-refractivity contribution in [2.45, 2.75) is 19.5 Å². The van der Waals surface area contributed by atoms with Gasteiger partial charge in [0.25, 0.3) is 0 Å². The molecule has 0 unspecified atom stereocenters. The maximum atomic E-state index is 12.8. The second kappa shape index (κ2) is 7.48. The van der Waals surface area contributed by atoms with Crippen LogP contribution in [0.1, 0.15) is 13.3 Å². The van der Waals surface area contributed by atoms with Crippen LogP contribution in [-0.4, -0.2) is 61.0 Å². The lowest BCUT2D eigenvalue weighted by Crippen LogP contribution is -2.40.